The average Bonchev–Trinajstić information content (AvgIpc) is 3.62. The molecule has 0 radical (unpaired) electrons. The SMILES string of the molecule is CCC[C@@H](C(=O)NC1CCCC1)N(C(=O)Cn1nnc(-c2ccc(C)o2)n1)c1ccc(OC)cc1. The first-order chi connectivity index (χ1) is 17.0. The quantitative estimate of drug-likeness (QED) is 0.472. The first-order valence-electron chi connectivity index (χ1n) is 12.1. The summed E-state index contributed by atoms with van der Waals surface area (Å²) < 4.78 is 10.8. The summed E-state index contributed by atoms with van der Waals surface area (Å²) in [6.45, 7) is 3.66. The normalized spacial score (nSPS) is 14.6. The maximum atomic E-state index is 13.6. The van der Waals surface area contributed by atoms with Gasteiger partial charge in [0.05, 0.1) is 7.11 Å². The highest BCUT2D eigenvalue weighted by Gasteiger charge is 2.33. The molecule has 186 valence electrons. The van der Waals surface area contributed by atoms with Crippen molar-refractivity contribution in [2.75, 3.05) is 12.0 Å². The number of benzene rings is 1. The second kappa shape index (κ2) is 11.2. The van der Waals surface area contributed by atoms with Gasteiger partial charge in [-0.1, -0.05) is 26.2 Å². The van der Waals surface area contributed by atoms with Crippen molar-refractivity contribution in [1.82, 2.24) is 25.5 Å². The average molecular weight is 481 g/mol. The molecule has 10 heteroatoms. The van der Waals surface area contributed by atoms with Gasteiger partial charge in [-0.25, -0.2) is 0 Å². The molecule has 2 amide bonds. The number of nitrogens with zero attached hydrogens (tertiary/aromatic N) is 5. The maximum absolute atomic E-state index is 13.6. The number of aromatic nitrogens is 4. The Morgan fingerprint density at radius 1 is 1.20 bits per heavy atom. The number of ether oxygens (including phenoxy) is 1. The second-order valence-corrected chi connectivity index (χ2v) is 8.81. The molecule has 0 aliphatic heterocycles. The molecule has 1 fully saturated rings. The lowest BCUT2D eigenvalue weighted by molar-refractivity contribution is -0.127. The van der Waals surface area contributed by atoms with Gasteiger partial charge in [0.2, 0.25) is 11.7 Å². The van der Waals surface area contributed by atoms with E-state index in [1.165, 1.54) is 4.80 Å². The lowest BCUT2D eigenvalue weighted by Crippen LogP contribution is -2.52. The largest absolute Gasteiger partial charge is 0.497 e. The van der Waals surface area contributed by atoms with Crippen LogP contribution in [0.15, 0.2) is 40.8 Å². The summed E-state index contributed by atoms with van der Waals surface area (Å²) in [5, 5.41) is 15.5. The number of anilines is 1. The van der Waals surface area contributed by atoms with E-state index < -0.39 is 6.04 Å². The number of furan rings is 1. The fourth-order valence-corrected chi connectivity index (χ4v) is 4.42. The number of amides is 2. The van der Waals surface area contributed by atoms with Gasteiger partial charge in [-0.15, -0.1) is 10.2 Å². The minimum absolute atomic E-state index is 0.138. The molecule has 1 aliphatic rings. The molecular weight excluding hydrogens is 448 g/mol. The minimum Gasteiger partial charge on any atom is -0.497 e. The number of hydrogen-bond donors (Lipinski definition) is 1. The van der Waals surface area contributed by atoms with Crippen LogP contribution in [0.3, 0.4) is 0 Å². The number of carbonyl (C=O) groups is 2. The molecule has 10 nitrogen and oxygen atoms in total. The summed E-state index contributed by atoms with van der Waals surface area (Å²) in [5.41, 5.74) is 0.609. The molecule has 1 saturated carbocycles. The molecule has 1 aromatic carbocycles. The lowest BCUT2D eigenvalue weighted by Gasteiger charge is -2.32. The van der Waals surface area contributed by atoms with Crippen molar-refractivity contribution >= 4 is 17.5 Å². The topological polar surface area (TPSA) is 115 Å². The van der Waals surface area contributed by atoms with Crippen LogP contribution in [0.25, 0.3) is 11.6 Å². The van der Waals surface area contributed by atoms with Crippen LogP contribution >= 0.6 is 0 Å². The zero-order valence-electron chi connectivity index (χ0n) is 20.4. The van der Waals surface area contributed by atoms with Crippen LogP contribution in [0.1, 0.15) is 51.2 Å². The maximum Gasteiger partial charge on any atom is 0.251 e. The van der Waals surface area contributed by atoms with E-state index >= 15 is 0 Å². The molecule has 2 aromatic heterocycles. The Balaban J connectivity index is 1.60. The van der Waals surface area contributed by atoms with Gasteiger partial charge in [-0.3, -0.25) is 14.5 Å². The zero-order chi connectivity index (χ0) is 24.8. The summed E-state index contributed by atoms with van der Waals surface area (Å²) in [7, 11) is 1.58. The van der Waals surface area contributed by atoms with E-state index in [1.807, 2.05) is 19.9 Å². The van der Waals surface area contributed by atoms with E-state index in [0.29, 0.717) is 29.4 Å². The molecule has 1 atom stereocenters. The van der Waals surface area contributed by atoms with Crippen LogP contribution in [0.5, 0.6) is 5.75 Å². The summed E-state index contributed by atoms with van der Waals surface area (Å²) in [6, 6.07) is 10.2. The van der Waals surface area contributed by atoms with Crippen molar-refractivity contribution in [1.29, 1.82) is 0 Å². The van der Waals surface area contributed by atoms with Gasteiger partial charge < -0.3 is 14.5 Å². The molecule has 0 saturated heterocycles. The highest BCUT2D eigenvalue weighted by molar-refractivity contribution is 6.00. The fraction of sp³-hybridized carbons (Fsp3) is 0.480. The number of tetrazole rings is 1. The highest BCUT2D eigenvalue weighted by atomic mass is 16.5. The Kier molecular flexibility index (Phi) is 7.79. The lowest BCUT2D eigenvalue weighted by atomic mass is 10.1. The van der Waals surface area contributed by atoms with E-state index in [4.69, 9.17) is 9.15 Å². The summed E-state index contributed by atoms with van der Waals surface area (Å²) >= 11 is 0. The van der Waals surface area contributed by atoms with Crippen LogP contribution in [-0.2, 0) is 16.1 Å². The Bertz CT molecular complexity index is 1130. The van der Waals surface area contributed by atoms with Crippen molar-refractivity contribution in [3.63, 3.8) is 0 Å². The Labute approximate surface area is 204 Å². The molecule has 0 spiro atoms. The summed E-state index contributed by atoms with van der Waals surface area (Å²) in [5.74, 6) is 1.73. The third kappa shape index (κ3) is 5.87. The summed E-state index contributed by atoms with van der Waals surface area (Å²) in [4.78, 5) is 29.8. The van der Waals surface area contributed by atoms with Crippen LogP contribution < -0.4 is 15.0 Å². The van der Waals surface area contributed by atoms with Gasteiger partial charge in [0.1, 0.15) is 24.1 Å². The number of hydrogen-bond acceptors (Lipinski definition) is 7. The van der Waals surface area contributed by atoms with Crippen molar-refractivity contribution in [2.24, 2.45) is 0 Å². The monoisotopic (exact) mass is 480 g/mol. The molecule has 0 bridgehead atoms. The van der Waals surface area contributed by atoms with Gasteiger partial charge >= 0.3 is 0 Å². The molecule has 1 aliphatic carbocycles. The molecule has 3 aromatic rings. The van der Waals surface area contributed by atoms with Crippen LogP contribution in [0.2, 0.25) is 0 Å². The van der Waals surface area contributed by atoms with Crippen LogP contribution in [0, 0.1) is 6.92 Å². The van der Waals surface area contributed by atoms with E-state index in [0.717, 1.165) is 37.9 Å². The molecule has 35 heavy (non-hydrogen) atoms. The Morgan fingerprint density at radius 2 is 1.94 bits per heavy atom. The smallest absolute Gasteiger partial charge is 0.251 e. The van der Waals surface area contributed by atoms with Gasteiger partial charge in [-0.2, -0.15) is 4.80 Å². The predicted molar refractivity (Wildman–Crippen MR) is 130 cm³/mol. The Morgan fingerprint density at radius 3 is 2.57 bits per heavy atom. The van der Waals surface area contributed by atoms with Gasteiger partial charge in [0.15, 0.2) is 5.76 Å². The zero-order valence-corrected chi connectivity index (χ0v) is 20.4. The van der Waals surface area contributed by atoms with E-state index in [1.54, 1.807) is 42.3 Å². The van der Waals surface area contributed by atoms with Gasteiger partial charge in [-0.05, 0) is 67.8 Å². The first-order valence-corrected chi connectivity index (χ1v) is 12.1. The Hall–Kier alpha value is -3.69. The van der Waals surface area contributed by atoms with E-state index in [-0.39, 0.29) is 24.4 Å². The molecule has 0 unspecified atom stereocenters. The van der Waals surface area contributed by atoms with Crippen molar-refractivity contribution in [3.8, 4) is 17.3 Å². The fourth-order valence-electron chi connectivity index (χ4n) is 4.42. The first kappa shape index (κ1) is 24.4. The molecule has 2 heterocycles. The standard InChI is InChI=1S/C25H32N6O4/c1-4-7-21(25(33)26-18-8-5-6-9-18)31(19-11-13-20(34-3)14-12-19)23(32)16-30-28-24(27-29-30)22-15-10-17(2)35-22/h10-15,18,21H,4-9,16H2,1-3H3,(H,26,33)/t21-/m0/s1. The number of rotatable bonds is 10. The minimum atomic E-state index is -0.655. The van der Waals surface area contributed by atoms with Crippen LogP contribution in [-0.4, -0.2) is 51.2 Å². The number of aryl methyl sites for hydroxylation is 1. The second-order valence-electron chi connectivity index (χ2n) is 8.81. The van der Waals surface area contributed by atoms with Gasteiger partial charge in [0.25, 0.3) is 5.91 Å². The molecule has 1 N–H and O–H groups in total. The van der Waals surface area contributed by atoms with Crippen molar-refractivity contribution < 1.29 is 18.7 Å². The highest BCUT2D eigenvalue weighted by Crippen LogP contribution is 2.25. The van der Waals surface area contributed by atoms with E-state index in [9.17, 15) is 9.59 Å². The number of nitrogens with one attached hydrogen (secondary N) is 1. The van der Waals surface area contributed by atoms with Crippen molar-refractivity contribution in [2.45, 2.75) is 71.0 Å². The third-order valence-electron chi connectivity index (χ3n) is 6.19. The van der Waals surface area contributed by atoms with Gasteiger partial charge in [0, 0.05) is 11.7 Å². The number of methoxy groups -OCH3 is 1. The summed E-state index contributed by atoms with van der Waals surface area (Å²) in [6.07, 6.45) is 5.43. The predicted octanol–water partition coefficient (Wildman–Crippen LogP) is 3.51. The third-order valence-corrected chi connectivity index (χ3v) is 6.19. The van der Waals surface area contributed by atoms with Crippen molar-refractivity contribution in [3.05, 3.63) is 42.2 Å². The van der Waals surface area contributed by atoms with E-state index in [2.05, 4.69) is 20.7 Å². The molecule has 4 rings (SSSR count). The molecular formula is C25H32N6O4. The number of carbonyl (C=O) groups excluding carboxylic acids is 2. The van der Waals surface area contributed by atoms with Crippen LogP contribution in [0.4, 0.5) is 5.69 Å².